The number of rotatable bonds is 5. The molecule has 1 saturated heterocycles. The Morgan fingerprint density at radius 3 is 2.67 bits per heavy atom. The number of amides is 1. The van der Waals surface area contributed by atoms with Crippen molar-refractivity contribution in [1.29, 1.82) is 0 Å². The Balaban J connectivity index is 1.72. The molecule has 1 unspecified atom stereocenters. The van der Waals surface area contributed by atoms with Gasteiger partial charge in [-0.25, -0.2) is 0 Å². The van der Waals surface area contributed by atoms with Crippen LogP contribution in [0.3, 0.4) is 0 Å². The van der Waals surface area contributed by atoms with Crippen molar-refractivity contribution in [3.05, 3.63) is 35.4 Å². The summed E-state index contributed by atoms with van der Waals surface area (Å²) in [6, 6.07) is 8.31. The standard InChI is InChI=1S/C19H25NO4/c21-18(20(13-19(22)23)16-8-10-24-11-9-16)12-15-6-3-5-14-4-1-2-7-17(14)15/h1-2,4,7,15-16H,3,5-6,8-13H2,(H,22,23). The molecule has 5 nitrogen and oxygen atoms in total. The second-order valence-electron chi connectivity index (χ2n) is 6.75. The number of carboxylic acid groups (broad SMARTS) is 1. The monoisotopic (exact) mass is 331 g/mol. The first-order chi connectivity index (χ1) is 11.6. The predicted octanol–water partition coefficient (Wildman–Crippen LogP) is 2.59. The lowest BCUT2D eigenvalue weighted by atomic mass is 9.81. The smallest absolute Gasteiger partial charge is 0.323 e. The fourth-order valence-corrected chi connectivity index (χ4v) is 3.96. The minimum Gasteiger partial charge on any atom is -0.480 e. The van der Waals surface area contributed by atoms with Gasteiger partial charge in [0.25, 0.3) is 0 Å². The highest BCUT2D eigenvalue weighted by Crippen LogP contribution is 2.34. The molecule has 0 bridgehead atoms. The van der Waals surface area contributed by atoms with E-state index in [1.54, 1.807) is 4.90 Å². The summed E-state index contributed by atoms with van der Waals surface area (Å²) in [5.74, 6) is -0.775. The number of benzene rings is 1. The van der Waals surface area contributed by atoms with Crippen LogP contribution >= 0.6 is 0 Å². The van der Waals surface area contributed by atoms with Gasteiger partial charge < -0.3 is 14.7 Å². The zero-order valence-corrected chi connectivity index (χ0v) is 13.9. The highest BCUT2D eigenvalue weighted by atomic mass is 16.5. The number of nitrogens with zero attached hydrogens (tertiary/aromatic N) is 1. The van der Waals surface area contributed by atoms with Crippen molar-refractivity contribution in [2.24, 2.45) is 0 Å². The third-order valence-corrected chi connectivity index (χ3v) is 5.17. The molecule has 1 aliphatic carbocycles. The van der Waals surface area contributed by atoms with E-state index in [9.17, 15) is 14.7 Å². The topological polar surface area (TPSA) is 66.8 Å². The number of carbonyl (C=O) groups is 2. The van der Waals surface area contributed by atoms with E-state index in [4.69, 9.17) is 4.74 Å². The lowest BCUT2D eigenvalue weighted by Crippen LogP contribution is -2.46. The van der Waals surface area contributed by atoms with Gasteiger partial charge >= 0.3 is 5.97 Å². The van der Waals surface area contributed by atoms with Gasteiger partial charge in [0.1, 0.15) is 6.54 Å². The Morgan fingerprint density at radius 2 is 1.92 bits per heavy atom. The second kappa shape index (κ2) is 7.79. The van der Waals surface area contributed by atoms with Gasteiger partial charge in [0.05, 0.1) is 0 Å². The van der Waals surface area contributed by atoms with E-state index in [0.717, 1.165) is 32.1 Å². The molecule has 0 saturated carbocycles. The highest BCUT2D eigenvalue weighted by molar-refractivity contribution is 5.82. The number of ether oxygens (including phenoxy) is 1. The van der Waals surface area contributed by atoms with Gasteiger partial charge in [-0.15, -0.1) is 0 Å². The van der Waals surface area contributed by atoms with Crippen LogP contribution in [-0.2, 0) is 20.7 Å². The van der Waals surface area contributed by atoms with Crippen LogP contribution < -0.4 is 0 Å². The van der Waals surface area contributed by atoms with Crippen LogP contribution in [0.4, 0.5) is 0 Å². The third kappa shape index (κ3) is 3.96. The Hall–Kier alpha value is -1.88. The summed E-state index contributed by atoms with van der Waals surface area (Å²) >= 11 is 0. The summed E-state index contributed by atoms with van der Waals surface area (Å²) in [4.78, 5) is 25.7. The molecule has 1 fully saturated rings. The molecule has 24 heavy (non-hydrogen) atoms. The Labute approximate surface area is 142 Å². The molecule has 2 aliphatic rings. The summed E-state index contributed by atoms with van der Waals surface area (Å²) < 4.78 is 5.35. The minimum absolute atomic E-state index is 0.0128. The molecule has 0 radical (unpaired) electrons. The molecule has 3 rings (SSSR count). The summed E-state index contributed by atoms with van der Waals surface area (Å²) in [6.45, 7) is 0.985. The maximum absolute atomic E-state index is 12.9. The van der Waals surface area contributed by atoms with Gasteiger partial charge in [0, 0.05) is 25.7 Å². The van der Waals surface area contributed by atoms with E-state index in [-0.39, 0.29) is 24.4 Å². The molecule has 5 heteroatoms. The molecule has 1 aromatic carbocycles. The van der Waals surface area contributed by atoms with Crippen molar-refractivity contribution in [1.82, 2.24) is 4.90 Å². The number of aliphatic carboxylic acids is 1. The number of fused-ring (bicyclic) bond motifs is 1. The lowest BCUT2D eigenvalue weighted by Gasteiger charge is -2.35. The second-order valence-corrected chi connectivity index (χ2v) is 6.75. The molecule has 0 spiro atoms. The summed E-state index contributed by atoms with van der Waals surface area (Å²) in [5, 5.41) is 9.20. The summed E-state index contributed by atoms with van der Waals surface area (Å²) in [6.07, 6.45) is 5.00. The van der Waals surface area contributed by atoms with E-state index >= 15 is 0 Å². The molecule has 1 N–H and O–H groups in total. The maximum Gasteiger partial charge on any atom is 0.323 e. The molecular weight excluding hydrogens is 306 g/mol. The van der Waals surface area contributed by atoms with Crippen LogP contribution in [0.1, 0.15) is 49.1 Å². The zero-order chi connectivity index (χ0) is 16.9. The van der Waals surface area contributed by atoms with Crippen molar-refractivity contribution in [2.45, 2.75) is 50.5 Å². The predicted molar refractivity (Wildman–Crippen MR) is 89.9 cm³/mol. The first kappa shape index (κ1) is 17.0. The van der Waals surface area contributed by atoms with E-state index in [0.29, 0.717) is 19.6 Å². The lowest BCUT2D eigenvalue weighted by molar-refractivity contribution is -0.148. The zero-order valence-electron chi connectivity index (χ0n) is 13.9. The van der Waals surface area contributed by atoms with Crippen LogP contribution in [-0.4, -0.2) is 47.7 Å². The fraction of sp³-hybridized carbons (Fsp3) is 0.579. The molecular formula is C19H25NO4. The number of hydrogen-bond acceptors (Lipinski definition) is 3. The molecule has 1 aliphatic heterocycles. The molecule has 1 atom stereocenters. The summed E-state index contributed by atoms with van der Waals surface area (Å²) in [5.41, 5.74) is 2.59. The van der Waals surface area contributed by atoms with Crippen LogP contribution in [0, 0.1) is 0 Å². The van der Waals surface area contributed by atoms with E-state index < -0.39 is 5.97 Å². The van der Waals surface area contributed by atoms with Crippen molar-refractivity contribution in [2.75, 3.05) is 19.8 Å². The molecule has 1 amide bonds. The average molecular weight is 331 g/mol. The normalized spacial score (nSPS) is 21.1. The molecule has 1 heterocycles. The van der Waals surface area contributed by atoms with Gasteiger partial charge in [0.2, 0.25) is 5.91 Å². The SMILES string of the molecule is O=C(O)CN(C(=O)CC1CCCc2ccccc21)C1CCOCC1. The quantitative estimate of drug-likeness (QED) is 0.900. The largest absolute Gasteiger partial charge is 0.480 e. The third-order valence-electron chi connectivity index (χ3n) is 5.17. The Kier molecular flexibility index (Phi) is 5.51. The van der Waals surface area contributed by atoms with Gasteiger partial charge in [-0.3, -0.25) is 9.59 Å². The van der Waals surface area contributed by atoms with Gasteiger partial charge in [-0.05, 0) is 49.1 Å². The van der Waals surface area contributed by atoms with Crippen molar-refractivity contribution >= 4 is 11.9 Å². The number of carboxylic acids is 1. The molecule has 0 aromatic heterocycles. The number of aryl methyl sites for hydroxylation is 1. The first-order valence-electron chi connectivity index (χ1n) is 8.82. The molecule has 1 aromatic rings. The summed E-state index contributed by atoms with van der Waals surface area (Å²) in [7, 11) is 0. The van der Waals surface area contributed by atoms with E-state index in [2.05, 4.69) is 12.1 Å². The van der Waals surface area contributed by atoms with Gasteiger partial charge in [-0.2, -0.15) is 0 Å². The van der Waals surface area contributed by atoms with Gasteiger partial charge in [-0.1, -0.05) is 24.3 Å². The average Bonchev–Trinajstić information content (AvgIpc) is 2.60. The maximum atomic E-state index is 12.9. The van der Waals surface area contributed by atoms with Crippen LogP contribution in [0.2, 0.25) is 0 Å². The highest BCUT2D eigenvalue weighted by Gasteiger charge is 2.30. The first-order valence-corrected chi connectivity index (χ1v) is 8.82. The van der Waals surface area contributed by atoms with Crippen molar-refractivity contribution in [3.63, 3.8) is 0 Å². The van der Waals surface area contributed by atoms with Crippen LogP contribution in [0.25, 0.3) is 0 Å². The fourth-order valence-electron chi connectivity index (χ4n) is 3.96. The number of carbonyl (C=O) groups excluding carboxylic acids is 1. The van der Waals surface area contributed by atoms with Crippen LogP contribution in [0.5, 0.6) is 0 Å². The van der Waals surface area contributed by atoms with E-state index in [1.807, 2.05) is 12.1 Å². The minimum atomic E-state index is -0.945. The number of hydrogen-bond donors (Lipinski definition) is 1. The Bertz CT molecular complexity index is 595. The van der Waals surface area contributed by atoms with Crippen LogP contribution in [0.15, 0.2) is 24.3 Å². The van der Waals surface area contributed by atoms with Crippen molar-refractivity contribution in [3.8, 4) is 0 Å². The van der Waals surface area contributed by atoms with E-state index in [1.165, 1.54) is 11.1 Å². The Morgan fingerprint density at radius 1 is 1.17 bits per heavy atom. The molecule has 130 valence electrons. The van der Waals surface area contributed by atoms with Crippen molar-refractivity contribution < 1.29 is 19.4 Å². The van der Waals surface area contributed by atoms with Gasteiger partial charge in [0.15, 0.2) is 0 Å².